The topological polar surface area (TPSA) is 78.4 Å². The molecule has 0 aromatic carbocycles. The van der Waals surface area contributed by atoms with Gasteiger partial charge in [0.05, 0.1) is 6.10 Å². The minimum atomic E-state index is -0.827. The van der Waals surface area contributed by atoms with Gasteiger partial charge < -0.3 is 15.7 Å². The second kappa shape index (κ2) is 6.79. The molecule has 0 aromatic rings. The predicted molar refractivity (Wildman–Crippen MR) is 61.7 cm³/mol. The maximum atomic E-state index is 11.1. The van der Waals surface area contributed by atoms with Crippen LogP contribution in [0.15, 0.2) is 24.3 Å². The SMILES string of the molecule is C=C(C)C(=O)NCC(O)CNC(=O)C(=C)C. The van der Waals surface area contributed by atoms with Gasteiger partial charge in [0.2, 0.25) is 11.8 Å². The summed E-state index contributed by atoms with van der Waals surface area (Å²) in [5.41, 5.74) is 0.747. The summed E-state index contributed by atoms with van der Waals surface area (Å²) in [5.74, 6) is -0.629. The molecular formula is C11H18N2O3. The first kappa shape index (κ1) is 14.4. The first-order valence-corrected chi connectivity index (χ1v) is 4.90. The van der Waals surface area contributed by atoms with Crippen molar-refractivity contribution < 1.29 is 14.7 Å². The van der Waals surface area contributed by atoms with Crippen LogP contribution in [0.5, 0.6) is 0 Å². The van der Waals surface area contributed by atoms with Crippen LogP contribution in [-0.2, 0) is 9.59 Å². The van der Waals surface area contributed by atoms with Gasteiger partial charge in [0, 0.05) is 24.2 Å². The Balaban J connectivity index is 3.79. The zero-order valence-electron chi connectivity index (χ0n) is 9.67. The Kier molecular flexibility index (Phi) is 6.10. The van der Waals surface area contributed by atoms with Crippen molar-refractivity contribution in [2.24, 2.45) is 0 Å². The third-order valence-electron chi connectivity index (χ3n) is 1.77. The Labute approximate surface area is 95.2 Å². The van der Waals surface area contributed by atoms with Gasteiger partial charge in [-0.1, -0.05) is 13.2 Å². The fourth-order valence-electron chi connectivity index (χ4n) is 0.795. The van der Waals surface area contributed by atoms with Gasteiger partial charge in [0.25, 0.3) is 0 Å². The number of hydrogen-bond acceptors (Lipinski definition) is 3. The number of carbonyl (C=O) groups excluding carboxylic acids is 2. The maximum Gasteiger partial charge on any atom is 0.246 e. The number of hydrogen-bond donors (Lipinski definition) is 3. The number of aliphatic hydroxyl groups is 1. The molecule has 90 valence electrons. The molecule has 0 radical (unpaired) electrons. The Morgan fingerprint density at radius 3 is 1.62 bits per heavy atom. The summed E-state index contributed by atoms with van der Waals surface area (Å²) in [6, 6.07) is 0. The van der Waals surface area contributed by atoms with Crippen molar-refractivity contribution in [3.05, 3.63) is 24.3 Å². The second-order valence-electron chi connectivity index (χ2n) is 3.63. The van der Waals surface area contributed by atoms with Crippen LogP contribution in [0, 0.1) is 0 Å². The van der Waals surface area contributed by atoms with Gasteiger partial charge in [-0.15, -0.1) is 0 Å². The highest BCUT2D eigenvalue weighted by atomic mass is 16.3. The molecule has 0 atom stereocenters. The fourth-order valence-corrected chi connectivity index (χ4v) is 0.795. The van der Waals surface area contributed by atoms with Crippen molar-refractivity contribution in [3.8, 4) is 0 Å². The average molecular weight is 226 g/mol. The number of nitrogens with one attached hydrogen (secondary N) is 2. The third kappa shape index (κ3) is 5.98. The van der Waals surface area contributed by atoms with E-state index in [1.54, 1.807) is 13.8 Å². The van der Waals surface area contributed by atoms with E-state index in [9.17, 15) is 14.7 Å². The molecule has 0 aromatic heterocycles. The van der Waals surface area contributed by atoms with Crippen molar-refractivity contribution >= 4 is 11.8 Å². The van der Waals surface area contributed by atoms with Crippen molar-refractivity contribution in [2.75, 3.05) is 13.1 Å². The van der Waals surface area contributed by atoms with E-state index >= 15 is 0 Å². The lowest BCUT2D eigenvalue weighted by Crippen LogP contribution is -2.40. The first-order valence-electron chi connectivity index (χ1n) is 4.90. The number of rotatable bonds is 6. The summed E-state index contributed by atoms with van der Waals surface area (Å²) in [4.78, 5) is 22.1. The molecule has 0 spiro atoms. The molecule has 5 heteroatoms. The molecule has 0 aliphatic heterocycles. The maximum absolute atomic E-state index is 11.1. The van der Waals surface area contributed by atoms with E-state index in [2.05, 4.69) is 23.8 Å². The predicted octanol–water partition coefficient (Wildman–Crippen LogP) is -0.268. The van der Waals surface area contributed by atoms with Crippen LogP contribution < -0.4 is 10.6 Å². The molecule has 0 aliphatic rings. The lowest BCUT2D eigenvalue weighted by atomic mass is 10.3. The minimum Gasteiger partial charge on any atom is -0.389 e. The quantitative estimate of drug-likeness (QED) is 0.546. The summed E-state index contributed by atoms with van der Waals surface area (Å²) >= 11 is 0. The highest BCUT2D eigenvalue weighted by Gasteiger charge is 2.09. The van der Waals surface area contributed by atoms with Crippen LogP contribution in [-0.4, -0.2) is 36.1 Å². The van der Waals surface area contributed by atoms with Crippen molar-refractivity contribution in [3.63, 3.8) is 0 Å². The van der Waals surface area contributed by atoms with Crippen molar-refractivity contribution in [1.82, 2.24) is 10.6 Å². The highest BCUT2D eigenvalue weighted by molar-refractivity contribution is 5.92. The van der Waals surface area contributed by atoms with Crippen LogP contribution in [0.25, 0.3) is 0 Å². The van der Waals surface area contributed by atoms with Gasteiger partial charge in [-0.2, -0.15) is 0 Å². The van der Waals surface area contributed by atoms with E-state index in [0.717, 1.165) is 0 Å². The molecule has 16 heavy (non-hydrogen) atoms. The molecule has 0 aliphatic carbocycles. The minimum absolute atomic E-state index is 0.0716. The van der Waals surface area contributed by atoms with Crippen molar-refractivity contribution in [1.29, 1.82) is 0 Å². The van der Waals surface area contributed by atoms with E-state index < -0.39 is 6.10 Å². The van der Waals surface area contributed by atoms with Crippen LogP contribution in [0.2, 0.25) is 0 Å². The summed E-state index contributed by atoms with van der Waals surface area (Å²) in [7, 11) is 0. The number of aliphatic hydroxyl groups excluding tert-OH is 1. The molecule has 0 saturated heterocycles. The van der Waals surface area contributed by atoms with Gasteiger partial charge >= 0.3 is 0 Å². The van der Waals surface area contributed by atoms with E-state index in [-0.39, 0.29) is 24.9 Å². The van der Waals surface area contributed by atoms with Gasteiger partial charge in [-0.05, 0) is 13.8 Å². The van der Waals surface area contributed by atoms with Gasteiger partial charge in [0.15, 0.2) is 0 Å². The zero-order valence-corrected chi connectivity index (χ0v) is 9.67. The first-order chi connectivity index (χ1) is 7.34. The van der Waals surface area contributed by atoms with E-state index in [1.807, 2.05) is 0 Å². The lowest BCUT2D eigenvalue weighted by molar-refractivity contribution is -0.117. The standard InChI is InChI=1S/C11H18N2O3/c1-7(2)10(15)12-5-9(14)6-13-11(16)8(3)4/h9,14H,1,3,5-6H2,2,4H3,(H,12,15)(H,13,16). The molecular weight excluding hydrogens is 208 g/mol. The smallest absolute Gasteiger partial charge is 0.246 e. The molecule has 0 fully saturated rings. The highest BCUT2D eigenvalue weighted by Crippen LogP contribution is 1.88. The summed E-state index contributed by atoms with van der Waals surface area (Å²) < 4.78 is 0. The van der Waals surface area contributed by atoms with Gasteiger partial charge in [-0.3, -0.25) is 9.59 Å². The summed E-state index contributed by atoms with van der Waals surface area (Å²) in [6.07, 6.45) is -0.827. The lowest BCUT2D eigenvalue weighted by Gasteiger charge is -2.12. The summed E-state index contributed by atoms with van der Waals surface area (Å²) in [5, 5.41) is 14.4. The van der Waals surface area contributed by atoms with Crippen molar-refractivity contribution in [2.45, 2.75) is 20.0 Å². The molecule has 2 amide bonds. The van der Waals surface area contributed by atoms with Gasteiger partial charge in [-0.25, -0.2) is 0 Å². The Morgan fingerprint density at radius 1 is 1.06 bits per heavy atom. The molecule has 0 saturated carbocycles. The van der Waals surface area contributed by atoms with Crippen LogP contribution in [0.4, 0.5) is 0 Å². The molecule has 0 rings (SSSR count). The number of carbonyl (C=O) groups is 2. The second-order valence-corrected chi connectivity index (χ2v) is 3.63. The summed E-state index contributed by atoms with van der Waals surface area (Å²) in [6.45, 7) is 10.2. The van der Waals surface area contributed by atoms with Crippen LogP contribution in [0.1, 0.15) is 13.8 Å². The van der Waals surface area contributed by atoms with Gasteiger partial charge in [0.1, 0.15) is 0 Å². The Morgan fingerprint density at radius 2 is 1.38 bits per heavy atom. The zero-order chi connectivity index (χ0) is 12.7. The van der Waals surface area contributed by atoms with E-state index in [0.29, 0.717) is 11.1 Å². The molecule has 0 unspecified atom stereocenters. The molecule has 0 heterocycles. The van der Waals surface area contributed by atoms with E-state index in [4.69, 9.17) is 0 Å². The normalized spacial score (nSPS) is 9.75. The van der Waals surface area contributed by atoms with Crippen LogP contribution >= 0.6 is 0 Å². The fraction of sp³-hybridized carbons (Fsp3) is 0.455. The monoisotopic (exact) mass is 226 g/mol. The number of amides is 2. The molecule has 5 nitrogen and oxygen atoms in total. The Bertz CT molecular complexity index is 280. The van der Waals surface area contributed by atoms with Crippen LogP contribution in [0.3, 0.4) is 0 Å². The average Bonchev–Trinajstić information content (AvgIpc) is 2.21. The molecule has 3 N–H and O–H groups in total. The largest absolute Gasteiger partial charge is 0.389 e. The van der Waals surface area contributed by atoms with E-state index in [1.165, 1.54) is 0 Å². The molecule has 0 bridgehead atoms. The Hall–Kier alpha value is -1.62. The third-order valence-corrected chi connectivity index (χ3v) is 1.77.